The van der Waals surface area contributed by atoms with Gasteiger partial charge in [-0.1, -0.05) is 15.9 Å². The summed E-state index contributed by atoms with van der Waals surface area (Å²) < 4.78 is 11.4. The van der Waals surface area contributed by atoms with Gasteiger partial charge in [0.1, 0.15) is 5.01 Å². The maximum Gasteiger partial charge on any atom is 0.161 e. The SMILES string of the molecule is COc1cc(Br)c(C(N)c2nccs2)cc1OC. The van der Waals surface area contributed by atoms with Crippen LogP contribution >= 0.6 is 27.3 Å². The predicted octanol–water partition coefficient (Wildman–Crippen LogP) is 2.97. The van der Waals surface area contributed by atoms with E-state index in [0.717, 1.165) is 15.0 Å². The average Bonchev–Trinajstić information content (AvgIpc) is 2.91. The van der Waals surface area contributed by atoms with Gasteiger partial charge in [-0.3, -0.25) is 0 Å². The van der Waals surface area contributed by atoms with E-state index in [1.54, 1.807) is 20.4 Å². The molecule has 1 heterocycles. The molecule has 4 nitrogen and oxygen atoms in total. The standard InChI is InChI=1S/C12H13BrN2O2S/c1-16-9-5-7(8(13)6-10(9)17-2)11(14)12-15-3-4-18-12/h3-6,11H,14H2,1-2H3. The summed E-state index contributed by atoms with van der Waals surface area (Å²) in [5.74, 6) is 1.32. The highest BCUT2D eigenvalue weighted by atomic mass is 79.9. The Morgan fingerprint density at radius 2 is 1.94 bits per heavy atom. The van der Waals surface area contributed by atoms with Crippen LogP contribution in [0.3, 0.4) is 0 Å². The van der Waals surface area contributed by atoms with Crippen molar-refractivity contribution in [1.82, 2.24) is 4.98 Å². The molecule has 2 rings (SSSR count). The van der Waals surface area contributed by atoms with Crippen LogP contribution in [-0.2, 0) is 0 Å². The number of ether oxygens (including phenoxy) is 2. The van der Waals surface area contributed by atoms with Gasteiger partial charge in [-0.05, 0) is 17.7 Å². The minimum atomic E-state index is -0.279. The summed E-state index contributed by atoms with van der Waals surface area (Å²) in [4.78, 5) is 4.23. The van der Waals surface area contributed by atoms with Crippen LogP contribution in [0, 0.1) is 0 Å². The first kappa shape index (κ1) is 13.3. The second-order valence-electron chi connectivity index (χ2n) is 3.58. The lowest BCUT2D eigenvalue weighted by molar-refractivity contribution is 0.354. The number of hydrogen-bond acceptors (Lipinski definition) is 5. The van der Waals surface area contributed by atoms with Gasteiger partial charge in [0.15, 0.2) is 11.5 Å². The van der Waals surface area contributed by atoms with Crippen molar-refractivity contribution < 1.29 is 9.47 Å². The maximum atomic E-state index is 6.20. The van der Waals surface area contributed by atoms with E-state index in [1.807, 2.05) is 17.5 Å². The average molecular weight is 329 g/mol. The molecule has 0 radical (unpaired) electrons. The molecule has 6 heteroatoms. The summed E-state index contributed by atoms with van der Waals surface area (Å²) >= 11 is 5.03. The van der Waals surface area contributed by atoms with E-state index in [-0.39, 0.29) is 6.04 Å². The van der Waals surface area contributed by atoms with Crippen LogP contribution in [-0.4, -0.2) is 19.2 Å². The molecule has 1 atom stereocenters. The molecule has 0 spiro atoms. The Kier molecular flexibility index (Phi) is 4.21. The zero-order chi connectivity index (χ0) is 13.1. The first-order valence-electron chi connectivity index (χ1n) is 5.23. The molecular weight excluding hydrogens is 316 g/mol. The largest absolute Gasteiger partial charge is 0.493 e. The zero-order valence-electron chi connectivity index (χ0n) is 10.0. The second kappa shape index (κ2) is 5.69. The lowest BCUT2D eigenvalue weighted by atomic mass is 10.1. The van der Waals surface area contributed by atoms with Crippen LogP contribution < -0.4 is 15.2 Å². The lowest BCUT2D eigenvalue weighted by Gasteiger charge is -2.15. The summed E-state index contributed by atoms with van der Waals surface area (Å²) in [5, 5.41) is 2.77. The van der Waals surface area contributed by atoms with E-state index in [4.69, 9.17) is 15.2 Å². The molecule has 2 aromatic rings. The van der Waals surface area contributed by atoms with Gasteiger partial charge in [0.05, 0.1) is 20.3 Å². The van der Waals surface area contributed by atoms with Gasteiger partial charge in [0, 0.05) is 16.0 Å². The van der Waals surface area contributed by atoms with Crippen LogP contribution in [0.2, 0.25) is 0 Å². The molecule has 0 aliphatic carbocycles. The summed E-state index contributed by atoms with van der Waals surface area (Å²) in [7, 11) is 3.20. The third-order valence-electron chi connectivity index (χ3n) is 2.56. The van der Waals surface area contributed by atoms with Crippen LogP contribution in [0.25, 0.3) is 0 Å². The van der Waals surface area contributed by atoms with E-state index in [1.165, 1.54) is 11.3 Å². The molecule has 1 aromatic carbocycles. The Balaban J connectivity index is 2.45. The summed E-state index contributed by atoms with van der Waals surface area (Å²) in [6.07, 6.45) is 1.74. The van der Waals surface area contributed by atoms with Crippen molar-refractivity contribution in [1.29, 1.82) is 0 Å². The molecule has 18 heavy (non-hydrogen) atoms. The van der Waals surface area contributed by atoms with Crippen molar-refractivity contribution in [2.24, 2.45) is 5.73 Å². The number of nitrogens with zero attached hydrogens (tertiary/aromatic N) is 1. The summed E-state index contributed by atoms with van der Waals surface area (Å²) in [6, 6.07) is 3.44. The van der Waals surface area contributed by atoms with Gasteiger partial charge in [0.25, 0.3) is 0 Å². The second-order valence-corrected chi connectivity index (χ2v) is 5.36. The summed E-state index contributed by atoms with van der Waals surface area (Å²) in [5.41, 5.74) is 7.12. The Morgan fingerprint density at radius 3 is 2.50 bits per heavy atom. The van der Waals surface area contributed by atoms with E-state index in [0.29, 0.717) is 11.5 Å². The molecule has 0 aliphatic rings. The van der Waals surface area contributed by atoms with Gasteiger partial charge in [0.2, 0.25) is 0 Å². The number of hydrogen-bond donors (Lipinski definition) is 1. The fraction of sp³-hybridized carbons (Fsp3) is 0.250. The first-order valence-corrected chi connectivity index (χ1v) is 6.91. The van der Waals surface area contributed by atoms with Gasteiger partial charge < -0.3 is 15.2 Å². The topological polar surface area (TPSA) is 57.4 Å². The van der Waals surface area contributed by atoms with E-state index < -0.39 is 0 Å². The van der Waals surface area contributed by atoms with Crippen molar-refractivity contribution in [2.75, 3.05) is 14.2 Å². The van der Waals surface area contributed by atoms with Crippen LogP contribution in [0.15, 0.2) is 28.2 Å². The molecule has 2 N–H and O–H groups in total. The fourth-order valence-electron chi connectivity index (χ4n) is 1.63. The van der Waals surface area contributed by atoms with Crippen LogP contribution in [0.1, 0.15) is 16.6 Å². The smallest absolute Gasteiger partial charge is 0.161 e. The minimum Gasteiger partial charge on any atom is -0.493 e. The normalized spacial score (nSPS) is 12.2. The first-order chi connectivity index (χ1) is 8.67. The number of thiazole rings is 1. The van der Waals surface area contributed by atoms with Crippen molar-refractivity contribution in [3.63, 3.8) is 0 Å². The van der Waals surface area contributed by atoms with E-state index in [2.05, 4.69) is 20.9 Å². The number of rotatable bonds is 4. The van der Waals surface area contributed by atoms with Crippen molar-refractivity contribution >= 4 is 27.3 Å². The number of benzene rings is 1. The van der Waals surface area contributed by atoms with Gasteiger partial charge >= 0.3 is 0 Å². The molecule has 0 saturated carbocycles. The monoisotopic (exact) mass is 328 g/mol. The molecule has 0 amide bonds. The quantitative estimate of drug-likeness (QED) is 0.937. The molecule has 1 aromatic heterocycles. The van der Waals surface area contributed by atoms with Crippen LogP contribution in [0.5, 0.6) is 11.5 Å². The predicted molar refractivity (Wildman–Crippen MR) is 75.4 cm³/mol. The van der Waals surface area contributed by atoms with Crippen molar-refractivity contribution in [3.8, 4) is 11.5 Å². The van der Waals surface area contributed by atoms with Crippen LogP contribution in [0.4, 0.5) is 0 Å². The molecule has 0 saturated heterocycles. The minimum absolute atomic E-state index is 0.279. The highest BCUT2D eigenvalue weighted by Gasteiger charge is 2.18. The Labute approximate surface area is 118 Å². The van der Waals surface area contributed by atoms with Gasteiger partial charge in [-0.25, -0.2) is 4.98 Å². The number of methoxy groups -OCH3 is 2. The van der Waals surface area contributed by atoms with E-state index >= 15 is 0 Å². The molecule has 96 valence electrons. The highest BCUT2D eigenvalue weighted by molar-refractivity contribution is 9.10. The Hall–Kier alpha value is -1.11. The lowest BCUT2D eigenvalue weighted by Crippen LogP contribution is -2.12. The molecule has 0 aliphatic heterocycles. The van der Waals surface area contributed by atoms with Gasteiger partial charge in [-0.15, -0.1) is 11.3 Å². The third kappa shape index (κ3) is 2.50. The molecular formula is C12H13BrN2O2S. The molecule has 1 unspecified atom stereocenters. The zero-order valence-corrected chi connectivity index (χ0v) is 12.4. The van der Waals surface area contributed by atoms with Crippen molar-refractivity contribution in [2.45, 2.75) is 6.04 Å². The third-order valence-corrected chi connectivity index (χ3v) is 4.10. The highest BCUT2D eigenvalue weighted by Crippen LogP contribution is 2.37. The fourth-order valence-corrected chi connectivity index (χ4v) is 2.85. The maximum absolute atomic E-state index is 6.20. The number of aromatic nitrogens is 1. The molecule has 0 bridgehead atoms. The Morgan fingerprint density at radius 1 is 1.28 bits per heavy atom. The van der Waals surface area contributed by atoms with E-state index in [9.17, 15) is 0 Å². The Bertz CT molecular complexity index is 531. The number of nitrogens with two attached hydrogens (primary N) is 1. The van der Waals surface area contributed by atoms with Gasteiger partial charge in [-0.2, -0.15) is 0 Å². The number of halogens is 1. The summed E-state index contributed by atoms with van der Waals surface area (Å²) in [6.45, 7) is 0. The van der Waals surface area contributed by atoms with Crippen molar-refractivity contribution in [3.05, 3.63) is 38.8 Å². The molecule has 0 fully saturated rings.